The van der Waals surface area contributed by atoms with Gasteiger partial charge in [-0.25, -0.2) is 0 Å². The highest BCUT2D eigenvalue weighted by Gasteiger charge is 2.12. The number of aryl methyl sites for hydroxylation is 1. The van der Waals surface area contributed by atoms with Gasteiger partial charge in [-0.1, -0.05) is 38.1 Å². The number of benzene rings is 1. The zero-order valence-corrected chi connectivity index (χ0v) is 13.9. The summed E-state index contributed by atoms with van der Waals surface area (Å²) in [6, 6.07) is 14.2. The minimum Gasteiger partial charge on any atom is -0.303 e. The molecule has 1 N–H and O–H groups in total. The smallest absolute Gasteiger partial charge is 0.0391 e. The average Bonchev–Trinajstić information content (AvgIpc) is 2.85. The molecule has 0 spiro atoms. The van der Waals surface area contributed by atoms with Gasteiger partial charge in [-0.3, -0.25) is 0 Å². The van der Waals surface area contributed by atoms with Gasteiger partial charge in [0.1, 0.15) is 0 Å². The molecule has 0 amide bonds. The average molecular weight is 287 g/mol. The molecule has 2 aromatic rings. The maximum atomic E-state index is 3.68. The van der Waals surface area contributed by atoms with Gasteiger partial charge in [-0.15, -0.1) is 11.3 Å². The Morgan fingerprint density at radius 3 is 1.90 bits per heavy atom. The number of hydrogen-bond donors (Lipinski definition) is 1. The fourth-order valence-electron chi connectivity index (χ4n) is 2.41. The molecule has 1 aromatic carbocycles. The maximum Gasteiger partial charge on any atom is 0.0391 e. The number of thiophene rings is 1. The second kappa shape index (κ2) is 6.55. The summed E-state index contributed by atoms with van der Waals surface area (Å²) in [6.45, 7) is 11.1. The van der Waals surface area contributed by atoms with Crippen molar-refractivity contribution in [1.29, 1.82) is 0 Å². The molecule has 0 bridgehead atoms. The van der Waals surface area contributed by atoms with Crippen LogP contribution in [0.5, 0.6) is 0 Å². The second-order valence-electron chi connectivity index (χ2n) is 5.88. The minimum absolute atomic E-state index is 0.369. The molecular formula is C18H25NS. The fourth-order valence-corrected chi connectivity index (χ4v) is 3.30. The molecule has 20 heavy (non-hydrogen) atoms. The van der Waals surface area contributed by atoms with Crippen molar-refractivity contribution in [3.05, 3.63) is 57.3 Å². The lowest BCUT2D eigenvalue weighted by Crippen LogP contribution is -2.21. The van der Waals surface area contributed by atoms with E-state index in [9.17, 15) is 0 Å². The van der Waals surface area contributed by atoms with Gasteiger partial charge in [0.2, 0.25) is 0 Å². The highest BCUT2D eigenvalue weighted by Crippen LogP contribution is 2.25. The molecular weight excluding hydrogens is 262 g/mol. The van der Waals surface area contributed by atoms with E-state index in [1.165, 1.54) is 20.9 Å². The lowest BCUT2D eigenvalue weighted by molar-refractivity contribution is 0.500. The van der Waals surface area contributed by atoms with Crippen LogP contribution < -0.4 is 5.32 Å². The van der Waals surface area contributed by atoms with E-state index in [0.29, 0.717) is 18.0 Å². The predicted molar refractivity (Wildman–Crippen MR) is 89.6 cm³/mol. The van der Waals surface area contributed by atoms with Crippen LogP contribution >= 0.6 is 11.3 Å². The molecule has 0 saturated carbocycles. The Labute approximate surface area is 127 Å². The van der Waals surface area contributed by atoms with E-state index in [1.54, 1.807) is 0 Å². The van der Waals surface area contributed by atoms with E-state index in [-0.39, 0.29) is 0 Å². The monoisotopic (exact) mass is 287 g/mol. The molecule has 2 unspecified atom stereocenters. The molecule has 2 atom stereocenters. The van der Waals surface area contributed by atoms with Crippen LogP contribution in [0, 0.1) is 6.92 Å². The van der Waals surface area contributed by atoms with Crippen molar-refractivity contribution in [3.8, 4) is 0 Å². The van der Waals surface area contributed by atoms with Gasteiger partial charge >= 0.3 is 0 Å². The lowest BCUT2D eigenvalue weighted by atomic mass is 9.99. The van der Waals surface area contributed by atoms with Crippen LogP contribution in [0.2, 0.25) is 0 Å². The van der Waals surface area contributed by atoms with E-state index in [4.69, 9.17) is 0 Å². The molecule has 2 heteroatoms. The van der Waals surface area contributed by atoms with Crippen molar-refractivity contribution >= 4 is 11.3 Å². The third-order valence-corrected chi connectivity index (χ3v) is 4.97. The number of hydrogen-bond acceptors (Lipinski definition) is 2. The van der Waals surface area contributed by atoms with Crippen molar-refractivity contribution in [2.75, 3.05) is 0 Å². The van der Waals surface area contributed by atoms with Crippen LogP contribution in [0.4, 0.5) is 0 Å². The third-order valence-electron chi connectivity index (χ3n) is 3.79. The second-order valence-corrected chi connectivity index (χ2v) is 7.20. The Balaban J connectivity index is 2.02. The quantitative estimate of drug-likeness (QED) is 0.755. The molecule has 108 valence electrons. The number of rotatable bonds is 5. The Hall–Kier alpha value is -1.12. The van der Waals surface area contributed by atoms with Gasteiger partial charge in [0, 0.05) is 21.8 Å². The summed E-state index contributed by atoms with van der Waals surface area (Å²) in [5.41, 5.74) is 2.76. The zero-order chi connectivity index (χ0) is 14.7. The summed E-state index contributed by atoms with van der Waals surface area (Å²) >= 11 is 1.88. The largest absolute Gasteiger partial charge is 0.303 e. The SMILES string of the molecule is Cc1ccc(C(C)NC(C)c2ccc(C(C)C)cc2)s1. The van der Waals surface area contributed by atoms with Crippen molar-refractivity contribution in [3.63, 3.8) is 0 Å². The molecule has 1 aromatic heterocycles. The Morgan fingerprint density at radius 2 is 1.40 bits per heavy atom. The lowest BCUT2D eigenvalue weighted by Gasteiger charge is -2.20. The van der Waals surface area contributed by atoms with E-state index < -0.39 is 0 Å². The highest BCUT2D eigenvalue weighted by atomic mass is 32.1. The summed E-state index contributed by atoms with van der Waals surface area (Å²) in [4.78, 5) is 2.79. The molecule has 0 aliphatic rings. The molecule has 0 aliphatic carbocycles. The van der Waals surface area contributed by atoms with Crippen molar-refractivity contribution in [1.82, 2.24) is 5.32 Å². The predicted octanol–water partition coefficient (Wildman–Crippen LogP) is 5.59. The molecule has 1 heterocycles. The van der Waals surface area contributed by atoms with E-state index >= 15 is 0 Å². The van der Waals surface area contributed by atoms with E-state index in [1.807, 2.05) is 11.3 Å². The van der Waals surface area contributed by atoms with Crippen LogP contribution in [0.1, 0.15) is 66.6 Å². The fraction of sp³-hybridized carbons (Fsp3) is 0.444. The van der Waals surface area contributed by atoms with Crippen molar-refractivity contribution in [2.45, 2.75) is 52.6 Å². The van der Waals surface area contributed by atoms with Crippen LogP contribution in [0.15, 0.2) is 36.4 Å². The summed E-state index contributed by atoms with van der Waals surface area (Å²) in [5.74, 6) is 0.598. The van der Waals surface area contributed by atoms with Gasteiger partial charge in [0.25, 0.3) is 0 Å². The summed E-state index contributed by atoms with van der Waals surface area (Å²) in [6.07, 6.45) is 0. The Kier molecular flexibility index (Phi) is 5.00. The van der Waals surface area contributed by atoms with Gasteiger partial charge in [0.05, 0.1) is 0 Å². The van der Waals surface area contributed by atoms with Crippen molar-refractivity contribution in [2.24, 2.45) is 0 Å². The van der Waals surface area contributed by atoms with Crippen LogP contribution in [0.3, 0.4) is 0 Å². The van der Waals surface area contributed by atoms with E-state index in [2.05, 4.69) is 76.3 Å². The number of nitrogens with one attached hydrogen (secondary N) is 1. The molecule has 1 nitrogen and oxygen atoms in total. The molecule has 0 aliphatic heterocycles. The first-order valence-electron chi connectivity index (χ1n) is 7.39. The van der Waals surface area contributed by atoms with Crippen LogP contribution in [-0.4, -0.2) is 0 Å². The Morgan fingerprint density at radius 1 is 0.800 bits per heavy atom. The Bertz CT molecular complexity index is 539. The van der Waals surface area contributed by atoms with Crippen LogP contribution in [0.25, 0.3) is 0 Å². The van der Waals surface area contributed by atoms with Gasteiger partial charge < -0.3 is 5.32 Å². The standard InChI is InChI=1S/C18H25NS/c1-12(2)16-7-9-17(10-8-16)14(4)19-15(5)18-11-6-13(3)20-18/h6-12,14-15,19H,1-5H3. The first-order valence-corrected chi connectivity index (χ1v) is 8.21. The van der Waals surface area contributed by atoms with Gasteiger partial charge in [0.15, 0.2) is 0 Å². The first kappa shape index (κ1) is 15.3. The summed E-state index contributed by atoms with van der Waals surface area (Å²) in [5, 5.41) is 3.68. The molecule has 0 radical (unpaired) electrons. The van der Waals surface area contributed by atoms with Gasteiger partial charge in [-0.2, -0.15) is 0 Å². The maximum absolute atomic E-state index is 3.68. The molecule has 0 saturated heterocycles. The van der Waals surface area contributed by atoms with E-state index in [0.717, 1.165) is 0 Å². The van der Waals surface area contributed by atoms with Gasteiger partial charge in [-0.05, 0) is 49.9 Å². The first-order chi connectivity index (χ1) is 9.47. The summed E-state index contributed by atoms with van der Waals surface area (Å²) < 4.78 is 0. The third kappa shape index (κ3) is 3.71. The molecule has 0 fully saturated rings. The topological polar surface area (TPSA) is 12.0 Å². The van der Waals surface area contributed by atoms with Crippen LogP contribution in [-0.2, 0) is 0 Å². The van der Waals surface area contributed by atoms with Crippen molar-refractivity contribution < 1.29 is 0 Å². The normalized spacial score (nSPS) is 14.5. The zero-order valence-electron chi connectivity index (χ0n) is 13.1. The molecule has 2 rings (SSSR count). The summed E-state index contributed by atoms with van der Waals surface area (Å²) in [7, 11) is 0. The highest BCUT2D eigenvalue weighted by molar-refractivity contribution is 7.12. The minimum atomic E-state index is 0.369.